The maximum Gasteiger partial charge on any atom is 0.347 e. The smallest absolute Gasteiger partial charge is 0.347 e. The summed E-state index contributed by atoms with van der Waals surface area (Å²) in [5.41, 5.74) is 1.25. The van der Waals surface area contributed by atoms with Crippen molar-refractivity contribution < 1.29 is 19.1 Å². The minimum Gasteiger partial charge on any atom is -0.479 e. The Balaban J connectivity index is 2.47. The Morgan fingerprint density at radius 1 is 1.08 bits per heavy atom. The molecule has 25 heavy (non-hydrogen) atoms. The lowest BCUT2D eigenvalue weighted by molar-refractivity contribution is -0.154. The Kier molecular flexibility index (Phi) is 7.94. The molecule has 1 amide bonds. The summed E-state index contributed by atoms with van der Waals surface area (Å²) >= 11 is 0. The molecule has 1 aromatic rings. The Bertz CT molecular complexity index is 556. The van der Waals surface area contributed by atoms with Crippen molar-refractivity contribution >= 4 is 11.9 Å². The van der Waals surface area contributed by atoms with Gasteiger partial charge in [-0.1, -0.05) is 46.8 Å². The highest BCUT2D eigenvalue weighted by molar-refractivity contribution is 5.82. The van der Waals surface area contributed by atoms with E-state index in [1.54, 1.807) is 6.92 Å². The van der Waals surface area contributed by atoms with Gasteiger partial charge in [-0.05, 0) is 42.9 Å². The molecule has 0 saturated heterocycles. The van der Waals surface area contributed by atoms with Crippen molar-refractivity contribution in [2.45, 2.75) is 71.9 Å². The van der Waals surface area contributed by atoms with E-state index in [-0.39, 0.29) is 24.0 Å². The van der Waals surface area contributed by atoms with Crippen LogP contribution >= 0.6 is 0 Å². The molecule has 0 aliphatic rings. The Morgan fingerprint density at radius 2 is 1.64 bits per heavy atom. The van der Waals surface area contributed by atoms with E-state index in [1.165, 1.54) is 5.56 Å². The number of hydrogen-bond donors (Lipinski definition) is 1. The first kappa shape index (κ1) is 21.0. The molecule has 1 atom stereocenters. The van der Waals surface area contributed by atoms with Gasteiger partial charge in [-0.15, -0.1) is 0 Å². The van der Waals surface area contributed by atoms with Crippen LogP contribution in [0.25, 0.3) is 0 Å². The highest BCUT2D eigenvalue weighted by Gasteiger charge is 2.19. The van der Waals surface area contributed by atoms with Crippen LogP contribution in [-0.2, 0) is 19.7 Å². The SMILES string of the molecule is CCC(CC)NC(=O)COC(=O)[C@@H](C)Oc1ccc(C(C)(C)C)cc1. The first-order chi connectivity index (χ1) is 11.7. The molecule has 0 aromatic heterocycles. The second kappa shape index (κ2) is 9.44. The molecule has 0 spiro atoms. The van der Waals surface area contributed by atoms with Crippen molar-refractivity contribution in [1.29, 1.82) is 0 Å². The number of benzene rings is 1. The monoisotopic (exact) mass is 349 g/mol. The number of ether oxygens (including phenoxy) is 2. The van der Waals surface area contributed by atoms with Gasteiger partial charge in [0.25, 0.3) is 5.91 Å². The van der Waals surface area contributed by atoms with Crippen LogP contribution in [0.1, 0.15) is 59.9 Å². The Labute approximate surface area is 151 Å². The first-order valence-corrected chi connectivity index (χ1v) is 8.90. The van der Waals surface area contributed by atoms with Gasteiger partial charge in [-0.25, -0.2) is 4.79 Å². The van der Waals surface area contributed by atoms with E-state index in [0.29, 0.717) is 5.75 Å². The van der Waals surface area contributed by atoms with Crippen LogP contribution in [0.15, 0.2) is 24.3 Å². The molecule has 1 rings (SSSR count). The van der Waals surface area contributed by atoms with Crippen molar-refractivity contribution in [1.82, 2.24) is 5.32 Å². The van der Waals surface area contributed by atoms with E-state index >= 15 is 0 Å². The molecule has 140 valence electrons. The Hall–Kier alpha value is -2.04. The standard InChI is InChI=1S/C20H31NO4/c1-7-16(8-2)21-18(22)13-24-19(23)14(3)25-17-11-9-15(10-12-17)20(4,5)6/h9-12,14,16H,7-8,13H2,1-6H3,(H,21,22)/t14-/m1/s1. The average Bonchev–Trinajstić information content (AvgIpc) is 2.57. The van der Waals surface area contributed by atoms with Gasteiger partial charge in [0.1, 0.15) is 5.75 Å². The third-order valence-corrected chi connectivity index (χ3v) is 4.06. The number of carbonyl (C=O) groups excluding carboxylic acids is 2. The van der Waals surface area contributed by atoms with Crippen LogP contribution in [0.4, 0.5) is 0 Å². The van der Waals surface area contributed by atoms with Gasteiger partial charge in [-0.2, -0.15) is 0 Å². The van der Waals surface area contributed by atoms with E-state index < -0.39 is 12.1 Å². The second-order valence-corrected chi connectivity index (χ2v) is 7.22. The molecule has 0 aliphatic carbocycles. The quantitative estimate of drug-likeness (QED) is 0.728. The van der Waals surface area contributed by atoms with Crippen LogP contribution in [0.5, 0.6) is 5.75 Å². The number of hydrogen-bond acceptors (Lipinski definition) is 4. The number of nitrogens with one attached hydrogen (secondary N) is 1. The molecule has 0 radical (unpaired) electrons. The van der Waals surface area contributed by atoms with E-state index in [4.69, 9.17) is 9.47 Å². The second-order valence-electron chi connectivity index (χ2n) is 7.22. The number of carbonyl (C=O) groups is 2. The molecule has 5 heteroatoms. The van der Waals surface area contributed by atoms with Crippen LogP contribution in [0.2, 0.25) is 0 Å². The highest BCUT2D eigenvalue weighted by atomic mass is 16.6. The zero-order valence-electron chi connectivity index (χ0n) is 16.2. The molecule has 0 fully saturated rings. The lowest BCUT2D eigenvalue weighted by Gasteiger charge is -2.20. The molecule has 1 N–H and O–H groups in total. The van der Waals surface area contributed by atoms with Crippen molar-refractivity contribution in [2.24, 2.45) is 0 Å². The fraction of sp³-hybridized carbons (Fsp3) is 0.600. The minimum atomic E-state index is -0.776. The van der Waals surface area contributed by atoms with E-state index in [0.717, 1.165) is 12.8 Å². The molecule has 0 heterocycles. The maximum absolute atomic E-state index is 12.0. The van der Waals surface area contributed by atoms with Gasteiger partial charge in [-0.3, -0.25) is 4.79 Å². The van der Waals surface area contributed by atoms with Crippen LogP contribution < -0.4 is 10.1 Å². The fourth-order valence-electron chi connectivity index (χ4n) is 2.30. The van der Waals surface area contributed by atoms with Gasteiger partial charge in [0.15, 0.2) is 12.7 Å². The van der Waals surface area contributed by atoms with Gasteiger partial charge in [0.2, 0.25) is 0 Å². The zero-order chi connectivity index (χ0) is 19.0. The Morgan fingerprint density at radius 3 is 2.12 bits per heavy atom. The number of amides is 1. The molecule has 0 saturated carbocycles. The maximum atomic E-state index is 12.0. The summed E-state index contributed by atoms with van der Waals surface area (Å²) in [7, 11) is 0. The third kappa shape index (κ3) is 7.16. The molecular formula is C20H31NO4. The fourth-order valence-corrected chi connectivity index (χ4v) is 2.30. The van der Waals surface area contributed by atoms with Crippen LogP contribution in [0.3, 0.4) is 0 Å². The van der Waals surface area contributed by atoms with E-state index in [2.05, 4.69) is 26.1 Å². The van der Waals surface area contributed by atoms with Crippen molar-refractivity contribution in [3.63, 3.8) is 0 Å². The molecule has 0 aliphatic heterocycles. The van der Waals surface area contributed by atoms with Gasteiger partial charge in [0.05, 0.1) is 0 Å². The molecule has 1 aromatic carbocycles. The summed E-state index contributed by atoms with van der Waals surface area (Å²) in [5.74, 6) is -0.248. The zero-order valence-corrected chi connectivity index (χ0v) is 16.2. The first-order valence-electron chi connectivity index (χ1n) is 8.90. The topological polar surface area (TPSA) is 64.6 Å². The summed E-state index contributed by atoms with van der Waals surface area (Å²) in [5, 5.41) is 2.82. The highest BCUT2D eigenvalue weighted by Crippen LogP contribution is 2.24. The summed E-state index contributed by atoms with van der Waals surface area (Å²) < 4.78 is 10.6. The minimum absolute atomic E-state index is 0.0608. The van der Waals surface area contributed by atoms with Gasteiger partial charge in [0, 0.05) is 6.04 Å². The lowest BCUT2D eigenvalue weighted by Crippen LogP contribution is -2.38. The van der Waals surface area contributed by atoms with Crippen LogP contribution in [0, 0.1) is 0 Å². The number of esters is 1. The summed E-state index contributed by atoms with van der Waals surface area (Å²) in [4.78, 5) is 23.7. The van der Waals surface area contributed by atoms with Gasteiger partial charge >= 0.3 is 5.97 Å². The largest absolute Gasteiger partial charge is 0.479 e. The van der Waals surface area contributed by atoms with Crippen molar-refractivity contribution in [3.05, 3.63) is 29.8 Å². The normalized spacial score (nSPS) is 12.6. The number of rotatable bonds is 8. The van der Waals surface area contributed by atoms with Gasteiger partial charge < -0.3 is 14.8 Å². The molecular weight excluding hydrogens is 318 g/mol. The van der Waals surface area contributed by atoms with E-state index in [9.17, 15) is 9.59 Å². The summed E-state index contributed by atoms with van der Waals surface area (Å²) in [6.45, 7) is 11.7. The predicted octanol–water partition coefficient (Wildman–Crippen LogP) is 3.60. The van der Waals surface area contributed by atoms with E-state index in [1.807, 2.05) is 38.1 Å². The van der Waals surface area contributed by atoms with Crippen molar-refractivity contribution in [3.8, 4) is 5.75 Å². The molecule has 0 bridgehead atoms. The predicted molar refractivity (Wildman–Crippen MR) is 98.7 cm³/mol. The summed E-state index contributed by atoms with van der Waals surface area (Å²) in [6, 6.07) is 7.75. The van der Waals surface area contributed by atoms with Crippen LogP contribution in [-0.4, -0.2) is 30.6 Å². The summed E-state index contributed by atoms with van der Waals surface area (Å²) in [6.07, 6.45) is 0.919. The molecule has 0 unspecified atom stereocenters. The average molecular weight is 349 g/mol. The van der Waals surface area contributed by atoms with Crippen molar-refractivity contribution in [2.75, 3.05) is 6.61 Å². The molecule has 5 nitrogen and oxygen atoms in total. The lowest BCUT2D eigenvalue weighted by atomic mass is 9.87. The third-order valence-electron chi connectivity index (χ3n) is 4.06.